The van der Waals surface area contributed by atoms with Gasteiger partial charge in [0.25, 0.3) is 0 Å². The summed E-state index contributed by atoms with van der Waals surface area (Å²) in [6.45, 7) is 9.63. The number of carbonyl (C=O) groups is 1. The van der Waals surface area contributed by atoms with Crippen LogP contribution in [0.5, 0.6) is 0 Å². The Labute approximate surface area is 366 Å². The van der Waals surface area contributed by atoms with E-state index in [1.807, 2.05) is 73.7 Å². The minimum absolute atomic E-state index is 0.00442. The van der Waals surface area contributed by atoms with Crippen LogP contribution in [0.4, 0.5) is 0 Å². The normalized spacial score (nSPS) is 17.4. The number of nitrogens with zero attached hydrogens (tertiary/aromatic N) is 1. The van der Waals surface area contributed by atoms with Gasteiger partial charge >= 0.3 is 0 Å². The van der Waals surface area contributed by atoms with Gasteiger partial charge in [0.05, 0.1) is 23.7 Å². The first kappa shape index (κ1) is 48.1. The number of unbranched alkanes of at least 4 members (excludes halogenated alkanes) is 10. The van der Waals surface area contributed by atoms with Crippen LogP contribution in [0.3, 0.4) is 0 Å². The van der Waals surface area contributed by atoms with E-state index in [1.165, 1.54) is 77.0 Å². The first-order valence-electron chi connectivity index (χ1n) is 22.9. The minimum Gasteiger partial charge on any atom is -0.392 e. The van der Waals surface area contributed by atoms with Crippen molar-refractivity contribution in [3.63, 3.8) is 0 Å². The van der Waals surface area contributed by atoms with Crippen molar-refractivity contribution in [2.45, 2.75) is 153 Å². The van der Waals surface area contributed by atoms with Crippen LogP contribution in [0.2, 0.25) is 0 Å². The lowest BCUT2D eigenvalue weighted by Crippen LogP contribution is -2.47. The van der Waals surface area contributed by atoms with E-state index < -0.39 is 28.3 Å². The average Bonchev–Trinajstić information content (AvgIpc) is 3.28. The highest BCUT2D eigenvalue weighted by molar-refractivity contribution is 7.89. The summed E-state index contributed by atoms with van der Waals surface area (Å²) in [5.41, 5.74) is 5.48. The molecule has 9 nitrogen and oxygen atoms in total. The van der Waals surface area contributed by atoms with Gasteiger partial charge in [0, 0.05) is 25.1 Å². The van der Waals surface area contributed by atoms with Crippen molar-refractivity contribution in [2.75, 3.05) is 19.6 Å². The first-order valence-corrected chi connectivity index (χ1v) is 24.4. The third kappa shape index (κ3) is 16.4. The first-order chi connectivity index (χ1) is 29.7. The molecule has 61 heavy (non-hydrogen) atoms. The molecule has 3 N–H and O–H groups in total. The summed E-state index contributed by atoms with van der Waals surface area (Å²) in [5, 5.41) is 12.7. The highest BCUT2D eigenvalue weighted by atomic mass is 32.2. The van der Waals surface area contributed by atoms with Gasteiger partial charge in [0.2, 0.25) is 15.9 Å². The number of amides is 1. The van der Waals surface area contributed by atoms with Gasteiger partial charge in [0.15, 0.2) is 6.29 Å². The van der Waals surface area contributed by atoms with Crippen molar-refractivity contribution >= 4 is 15.9 Å². The van der Waals surface area contributed by atoms with E-state index >= 15 is 0 Å². The maximum atomic E-state index is 13.7. The molecule has 332 valence electrons. The molecule has 0 spiro atoms. The molecule has 0 radical (unpaired) electrons. The molecule has 1 heterocycles. The van der Waals surface area contributed by atoms with E-state index in [9.17, 15) is 18.3 Å². The Morgan fingerprint density at radius 3 is 1.89 bits per heavy atom. The second kappa shape index (κ2) is 25.9. The number of rotatable bonds is 27. The lowest BCUT2D eigenvalue weighted by molar-refractivity contribution is -0.253. The molecule has 5 rings (SSSR count). The van der Waals surface area contributed by atoms with Crippen molar-refractivity contribution in [3.8, 4) is 0 Å². The largest absolute Gasteiger partial charge is 0.392 e. The molecule has 1 saturated heterocycles. The quantitative estimate of drug-likeness (QED) is 0.0512. The number of benzene rings is 4. The molecule has 0 aromatic heterocycles. The zero-order valence-corrected chi connectivity index (χ0v) is 37.7. The third-order valence-electron chi connectivity index (χ3n) is 11.7. The lowest BCUT2D eigenvalue weighted by Gasteiger charge is -2.38. The Bertz CT molecular complexity index is 1930. The second-order valence-electron chi connectivity index (χ2n) is 16.8. The molecule has 0 bridgehead atoms. The topological polar surface area (TPSA) is 117 Å². The van der Waals surface area contributed by atoms with E-state index in [-0.39, 0.29) is 36.7 Å². The van der Waals surface area contributed by atoms with E-state index in [1.54, 1.807) is 24.3 Å². The van der Waals surface area contributed by atoms with Gasteiger partial charge in [-0.25, -0.2) is 8.42 Å². The van der Waals surface area contributed by atoms with Gasteiger partial charge in [-0.2, -0.15) is 4.72 Å². The summed E-state index contributed by atoms with van der Waals surface area (Å²) >= 11 is 0. The van der Waals surface area contributed by atoms with E-state index in [0.29, 0.717) is 0 Å². The number of nitrogens with one attached hydrogen (secondary N) is 2. The fourth-order valence-corrected chi connectivity index (χ4v) is 9.16. The molecule has 4 atom stereocenters. The summed E-state index contributed by atoms with van der Waals surface area (Å²) in [4.78, 5) is 16.4. The Hall–Kier alpha value is -3.90. The number of hydrogen-bond donors (Lipinski definition) is 3. The van der Waals surface area contributed by atoms with Crippen LogP contribution >= 0.6 is 0 Å². The summed E-state index contributed by atoms with van der Waals surface area (Å²) in [7, 11) is -3.95. The van der Waals surface area contributed by atoms with Crippen LogP contribution in [-0.4, -0.2) is 56.1 Å². The number of hydrogen-bond acceptors (Lipinski definition) is 7. The molecule has 10 heteroatoms. The standard InChI is InChI=1S/C51H71N3O6S/c1-4-6-8-10-12-17-33-54(34-18-13-11-9-7-5-2)38-46-36-49(44-27-25-43(39-55)26-28-44)60-51(59-46)45-29-23-42(24-30-45)37-52-50(56)48(35-41-19-15-14-16-20-41)53-61(57,58)47-31-21-40(3)22-32-47/h14-16,19-32,46,48-49,51,53,55H,4-13,17-18,33-39H2,1-3H3,(H,52,56)/t46-,48-,49+,51+/m1/s1. The van der Waals surface area contributed by atoms with Gasteiger partial charge in [-0.05, 0) is 73.7 Å². The van der Waals surface area contributed by atoms with Crippen molar-refractivity contribution in [2.24, 2.45) is 0 Å². The van der Waals surface area contributed by atoms with Crippen LogP contribution in [0.15, 0.2) is 108 Å². The molecule has 0 saturated carbocycles. The fourth-order valence-electron chi connectivity index (χ4n) is 7.96. The zero-order chi connectivity index (χ0) is 43.3. The average molecular weight is 854 g/mol. The number of aliphatic hydroxyl groups is 1. The lowest BCUT2D eigenvalue weighted by atomic mass is 9.99. The zero-order valence-electron chi connectivity index (χ0n) is 36.9. The molecule has 4 aromatic rings. The molecule has 4 aromatic carbocycles. The van der Waals surface area contributed by atoms with Crippen LogP contribution in [0, 0.1) is 6.92 Å². The Kier molecular flexibility index (Phi) is 20.4. The summed E-state index contributed by atoms with van der Waals surface area (Å²) < 4.78 is 42.9. The SMILES string of the molecule is CCCCCCCCN(CCCCCCCC)C[C@H]1C[C@@H](c2ccc(CO)cc2)O[C@@H](c2ccc(CNC(=O)[C@@H](Cc3ccccc3)NS(=O)(=O)c3ccc(C)cc3)cc2)O1. The van der Waals surface area contributed by atoms with Gasteiger partial charge in [-0.15, -0.1) is 0 Å². The molecular weight excluding hydrogens is 783 g/mol. The summed E-state index contributed by atoms with van der Waals surface area (Å²) in [6, 6.07) is 30.9. The molecule has 1 aliphatic heterocycles. The number of aryl methyl sites for hydroxylation is 1. The van der Waals surface area contributed by atoms with Crippen molar-refractivity contribution < 1.29 is 27.8 Å². The predicted molar refractivity (Wildman–Crippen MR) is 245 cm³/mol. The second-order valence-corrected chi connectivity index (χ2v) is 18.5. The Balaban J connectivity index is 1.26. The monoisotopic (exact) mass is 854 g/mol. The van der Waals surface area contributed by atoms with Crippen molar-refractivity contribution in [1.82, 2.24) is 14.9 Å². The van der Waals surface area contributed by atoms with Gasteiger partial charge in [-0.3, -0.25) is 4.79 Å². The molecule has 1 aliphatic rings. The molecule has 0 aliphatic carbocycles. The minimum atomic E-state index is -3.95. The number of ether oxygens (including phenoxy) is 2. The summed E-state index contributed by atoms with van der Waals surface area (Å²) in [5.74, 6) is -0.410. The Morgan fingerprint density at radius 1 is 0.705 bits per heavy atom. The van der Waals surface area contributed by atoms with E-state index in [0.717, 1.165) is 59.4 Å². The van der Waals surface area contributed by atoms with Gasteiger partial charge in [0.1, 0.15) is 6.04 Å². The van der Waals surface area contributed by atoms with Crippen molar-refractivity contribution in [1.29, 1.82) is 0 Å². The van der Waals surface area contributed by atoms with Gasteiger partial charge in [-0.1, -0.05) is 175 Å². The molecule has 1 amide bonds. The van der Waals surface area contributed by atoms with E-state index in [4.69, 9.17) is 9.47 Å². The van der Waals surface area contributed by atoms with Gasteiger partial charge < -0.3 is 24.8 Å². The van der Waals surface area contributed by atoms with Crippen LogP contribution in [-0.2, 0) is 43.9 Å². The van der Waals surface area contributed by atoms with Crippen LogP contribution < -0.4 is 10.0 Å². The van der Waals surface area contributed by atoms with E-state index in [2.05, 4.69) is 40.9 Å². The fraction of sp³-hybridized carbons (Fsp3) is 0.510. The van der Waals surface area contributed by atoms with Crippen LogP contribution in [0.1, 0.15) is 143 Å². The van der Waals surface area contributed by atoms with Crippen molar-refractivity contribution in [3.05, 3.63) is 137 Å². The number of carbonyl (C=O) groups excluding carboxylic acids is 1. The Morgan fingerprint density at radius 2 is 1.28 bits per heavy atom. The molecule has 1 fully saturated rings. The highest BCUT2D eigenvalue weighted by Gasteiger charge is 2.33. The number of sulfonamides is 1. The summed E-state index contributed by atoms with van der Waals surface area (Å²) in [6.07, 6.45) is 15.4. The third-order valence-corrected chi connectivity index (χ3v) is 13.2. The molecule has 0 unspecified atom stereocenters. The molecular formula is C51H71N3O6S. The smallest absolute Gasteiger partial charge is 0.241 e. The maximum absolute atomic E-state index is 13.7. The predicted octanol–water partition coefficient (Wildman–Crippen LogP) is 10.3. The van der Waals surface area contributed by atoms with Crippen LogP contribution in [0.25, 0.3) is 0 Å². The maximum Gasteiger partial charge on any atom is 0.241 e. The number of aliphatic hydroxyl groups excluding tert-OH is 1. The highest BCUT2D eigenvalue weighted by Crippen LogP contribution is 2.38.